The third kappa shape index (κ3) is 3.76. The summed E-state index contributed by atoms with van der Waals surface area (Å²) in [6, 6.07) is 26.9. The number of furan rings is 1. The topological polar surface area (TPSA) is 63.0 Å². The van der Waals surface area contributed by atoms with Gasteiger partial charge >= 0.3 is 0 Å². The molecule has 0 bridgehead atoms. The van der Waals surface area contributed by atoms with Crippen LogP contribution in [0.5, 0.6) is 0 Å². The summed E-state index contributed by atoms with van der Waals surface area (Å²) in [6.45, 7) is 0. The van der Waals surface area contributed by atoms with E-state index in [9.17, 15) is 9.59 Å². The SMILES string of the molecule is O=C1C2ON(c3ccccc3)C(c3ccc(-c4ccc(Br)cc4)o3)C2C(=O)N1c1ccc(Cl)cc1. The normalized spacial score (nSPS) is 21.6. The Morgan fingerprint density at radius 1 is 0.771 bits per heavy atom. The van der Waals surface area contributed by atoms with E-state index in [1.54, 1.807) is 29.3 Å². The lowest BCUT2D eigenvalue weighted by Crippen LogP contribution is -2.37. The Bertz CT molecular complexity index is 1410. The van der Waals surface area contributed by atoms with Crippen LogP contribution < -0.4 is 9.96 Å². The highest BCUT2D eigenvalue weighted by Gasteiger charge is 2.61. The number of benzene rings is 3. The summed E-state index contributed by atoms with van der Waals surface area (Å²) in [7, 11) is 0. The lowest BCUT2D eigenvalue weighted by atomic mass is 9.94. The van der Waals surface area contributed by atoms with Crippen LogP contribution in [0.15, 0.2) is 99.9 Å². The van der Waals surface area contributed by atoms with Gasteiger partial charge in [0.15, 0.2) is 6.10 Å². The third-order valence-corrected chi connectivity index (χ3v) is 7.04. The smallest absolute Gasteiger partial charge is 0.266 e. The molecule has 4 aromatic rings. The number of hydrogen-bond acceptors (Lipinski definition) is 5. The van der Waals surface area contributed by atoms with Crippen molar-refractivity contribution in [3.63, 3.8) is 0 Å². The van der Waals surface area contributed by atoms with Crippen LogP contribution in [0.2, 0.25) is 5.02 Å². The van der Waals surface area contributed by atoms with E-state index in [1.807, 2.05) is 66.7 Å². The molecule has 0 N–H and O–H groups in total. The van der Waals surface area contributed by atoms with Crippen molar-refractivity contribution in [2.45, 2.75) is 12.1 Å². The number of nitrogens with zero attached hydrogens (tertiary/aromatic N) is 2. The van der Waals surface area contributed by atoms with Crippen molar-refractivity contribution in [2.24, 2.45) is 5.92 Å². The minimum absolute atomic E-state index is 0.340. The van der Waals surface area contributed by atoms with Crippen LogP contribution in [0.3, 0.4) is 0 Å². The molecule has 0 saturated carbocycles. The van der Waals surface area contributed by atoms with E-state index in [2.05, 4.69) is 15.9 Å². The average molecular weight is 550 g/mol. The average Bonchev–Trinajstić information content (AvgIpc) is 3.56. The van der Waals surface area contributed by atoms with E-state index in [4.69, 9.17) is 20.9 Å². The number of hydrogen-bond donors (Lipinski definition) is 0. The standard InChI is InChI=1S/C27H18BrClN2O4/c28-17-8-6-16(7-9-17)21-14-15-22(34-21)24-23-25(35-31(24)20-4-2-1-3-5-20)27(33)30(26(23)32)19-12-10-18(29)11-13-19/h1-15,23-25H. The first kappa shape index (κ1) is 22.1. The zero-order valence-electron chi connectivity index (χ0n) is 18.2. The number of imide groups is 1. The molecule has 1 aromatic heterocycles. The van der Waals surface area contributed by atoms with Gasteiger partial charge in [-0.15, -0.1) is 0 Å². The summed E-state index contributed by atoms with van der Waals surface area (Å²) in [4.78, 5) is 34.4. The number of para-hydroxylation sites is 1. The van der Waals surface area contributed by atoms with Gasteiger partial charge < -0.3 is 4.42 Å². The summed E-state index contributed by atoms with van der Waals surface area (Å²) in [5, 5.41) is 2.14. The minimum atomic E-state index is -0.968. The molecule has 3 atom stereocenters. The van der Waals surface area contributed by atoms with Crippen molar-refractivity contribution < 1.29 is 18.8 Å². The highest BCUT2D eigenvalue weighted by molar-refractivity contribution is 9.10. The molecule has 2 aliphatic rings. The van der Waals surface area contributed by atoms with E-state index in [0.717, 1.165) is 15.7 Å². The van der Waals surface area contributed by atoms with Crippen LogP contribution >= 0.6 is 27.5 Å². The van der Waals surface area contributed by atoms with Gasteiger partial charge in [-0.05, 0) is 60.7 Å². The van der Waals surface area contributed by atoms with E-state index in [0.29, 0.717) is 22.2 Å². The van der Waals surface area contributed by atoms with E-state index in [-0.39, 0.29) is 5.91 Å². The van der Waals surface area contributed by atoms with Crippen molar-refractivity contribution in [2.75, 3.05) is 9.96 Å². The van der Waals surface area contributed by atoms with Gasteiger partial charge in [-0.1, -0.05) is 57.9 Å². The Balaban J connectivity index is 1.41. The molecule has 3 heterocycles. The summed E-state index contributed by atoms with van der Waals surface area (Å²) >= 11 is 9.45. The molecule has 0 aliphatic carbocycles. The van der Waals surface area contributed by atoms with Crippen LogP contribution in [-0.4, -0.2) is 17.9 Å². The van der Waals surface area contributed by atoms with E-state index in [1.165, 1.54) is 4.90 Å². The lowest BCUT2D eigenvalue weighted by molar-refractivity contribution is -0.126. The predicted octanol–water partition coefficient (Wildman–Crippen LogP) is 6.41. The zero-order valence-corrected chi connectivity index (χ0v) is 20.5. The highest BCUT2D eigenvalue weighted by atomic mass is 79.9. The summed E-state index contributed by atoms with van der Waals surface area (Å²) in [6.07, 6.45) is -0.968. The molecule has 2 amide bonds. The summed E-state index contributed by atoms with van der Waals surface area (Å²) in [5.41, 5.74) is 2.09. The number of carbonyl (C=O) groups is 2. The third-order valence-electron chi connectivity index (χ3n) is 6.26. The summed E-state index contributed by atoms with van der Waals surface area (Å²) < 4.78 is 7.22. The maximum absolute atomic E-state index is 13.7. The van der Waals surface area contributed by atoms with Gasteiger partial charge in [-0.3, -0.25) is 14.4 Å². The van der Waals surface area contributed by atoms with Gasteiger partial charge in [0.25, 0.3) is 5.91 Å². The zero-order chi connectivity index (χ0) is 24.1. The maximum Gasteiger partial charge on any atom is 0.266 e. The number of rotatable bonds is 4. The Morgan fingerprint density at radius 3 is 2.20 bits per heavy atom. The highest BCUT2D eigenvalue weighted by Crippen LogP contribution is 2.48. The molecule has 3 aromatic carbocycles. The molecule has 6 nitrogen and oxygen atoms in total. The lowest BCUT2D eigenvalue weighted by Gasteiger charge is -2.27. The van der Waals surface area contributed by atoms with Crippen LogP contribution in [-0.2, 0) is 14.4 Å². The van der Waals surface area contributed by atoms with Gasteiger partial charge in [0, 0.05) is 15.1 Å². The second kappa shape index (κ2) is 8.68. The molecular formula is C27H18BrClN2O4. The van der Waals surface area contributed by atoms with Gasteiger partial charge in [0.2, 0.25) is 5.91 Å². The van der Waals surface area contributed by atoms with Crippen LogP contribution in [0.25, 0.3) is 11.3 Å². The van der Waals surface area contributed by atoms with Crippen LogP contribution in [0, 0.1) is 5.92 Å². The Kier molecular flexibility index (Phi) is 5.48. The largest absolute Gasteiger partial charge is 0.459 e. The van der Waals surface area contributed by atoms with Crippen molar-refractivity contribution in [1.82, 2.24) is 0 Å². The van der Waals surface area contributed by atoms with Crippen molar-refractivity contribution >= 4 is 50.7 Å². The molecule has 2 saturated heterocycles. The van der Waals surface area contributed by atoms with Crippen molar-refractivity contribution in [3.8, 4) is 11.3 Å². The van der Waals surface area contributed by atoms with Gasteiger partial charge in [-0.25, -0.2) is 9.96 Å². The van der Waals surface area contributed by atoms with Gasteiger partial charge in [0.05, 0.1) is 11.4 Å². The molecule has 0 spiro atoms. The molecule has 2 fully saturated rings. The van der Waals surface area contributed by atoms with Crippen molar-refractivity contribution in [1.29, 1.82) is 0 Å². The molecule has 35 heavy (non-hydrogen) atoms. The number of fused-ring (bicyclic) bond motifs is 1. The monoisotopic (exact) mass is 548 g/mol. The van der Waals surface area contributed by atoms with Crippen LogP contribution in [0.4, 0.5) is 11.4 Å². The fraction of sp³-hybridized carbons (Fsp3) is 0.111. The molecule has 174 valence electrons. The molecule has 3 unspecified atom stereocenters. The van der Waals surface area contributed by atoms with Gasteiger partial charge in [0.1, 0.15) is 23.5 Å². The minimum Gasteiger partial charge on any atom is -0.459 e. The number of halogens is 2. The Labute approximate surface area is 214 Å². The van der Waals surface area contributed by atoms with Crippen LogP contribution in [0.1, 0.15) is 11.8 Å². The first-order valence-electron chi connectivity index (χ1n) is 11.0. The second-order valence-corrected chi connectivity index (χ2v) is 9.71. The number of amides is 2. The fourth-order valence-electron chi connectivity index (χ4n) is 4.63. The Morgan fingerprint density at radius 2 is 1.49 bits per heavy atom. The fourth-order valence-corrected chi connectivity index (χ4v) is 5.02. The number of carbonyl (C=O) groups excluding carboxylic acids is 2. The Hall–Kier alpha value is -3.39. The molecule has 6 rings (SSSR count). The van der Waals surface area contributed by atoms with E-state index < -0.39 is 24.0 Å². The molecule has 2 aliphatic heterocycles. The molecule has 0 radical (unpaired) electrons. The second-order valence-electron chi connectivity index (χ2n) is 8.36. The molecule has 8 heteroatoms. The number of hydroxylamine groups is 1. The van der Waals surface area contributed by atoms with Crippen molar-refractivity contribution in [3.05, 3.63) is 106 Å². The summed E-state index contributed by atoms with van der Waals surface area (Å²) in [5.74, 6) is -0.325. The van der Waals surface area contributed by atoms with E-state index >= 15 is 0 Å². The maximum atomic E-state index is 13.7. The predicted molar refractivity (Wildman–Crippen MR) is 136 cm³/mol. The first-order valence-corrected chi connectivity index (χ1v) is 12.2. The molecular weight excluding hydrogens is 532 g/mol. The van der Waals surface area contributed by atoms with Gasteiger partial charge in [-0.2, -0.15) is 0 Å². The quantitative estimate of drug-likeness (QED) is 0.275. The number of anilines is 2. The first-order chi connectivity index (χ1) is 17.0.